The lowest BCUT2D eigenvalue weighted by atomic mass is 9.81. The third-order valence-electron chi connectivity index (χ3n) is 3.58. The monoisotopic (exact) mass is 215 g/mol. The Morgan fingerprint density at radius 1 is 1.00 bits per heavy atom. The van der Waals surface area contributed by atoms with E-state index in [9.17, 15) is 0 Å². The molecule has 1 aliphatic rings. The maximum Gasteiger partial charge on any atom is 0.0629 e. The number of rotatable bonds is 1. The van der Waals surface area contributed by atoms with Gasteiger partial charge in [0, 0.05) is 5.71 Å². The first-order chi connectivity index (χ1) is 7.66. The van der Waals surface area contributed by atoms with Crippen LogP contribution in [-0.2, 0) is 0 Å². The Hall–Kier alpha value is -1.11. The van der Waals surface area contributed by atoms with Crippen LogP contribution in [0.1, 0.15) is 38.7 Å². The zero-order valence-corrected chi connectivity index (χ0v) is 10.5. The van der Waals surface area contributed by atoms with E-state index in [1.807, 2.05) is 0 Å². The number of hydrogen-bond donors (Lipinski definition) is 0. The Kier molecular flexibility index (Phi) is 3.42. The molecule has 0 aromatic heterocycles. The van der Waals surface area contributed by atoms with Gasteiger partial charge in [-0.05, 0) is 43.7 Å². The van der Waals surface area contributed by atoms with Crippen LogP contribution in [0.25, 0.3) is 0 Å². The van der Waals surface area contributed by atoms with Gasteiger partial charge in [-0.1, -0.05) is 38.0 Å². The molecule has 2 atom stereocenters. The standard InChI is InChI=1S/C15H21N/c1-11-7-9-14(10-8-11)16-15-12(2)5-4-6-13(15)3/h7-10,12-13H,4-6H2,1-3H3. The maximum atomic E-state index is 4.84. The molecule has 1 aromatic carbocycles. The van der Waals surface area contributed by atoms with Gasteiger partial charge in [-0.2, -0.15) is 0 Å². The molecule has 16 heavy (non-hydrogen) atoms. The summed E-state index contributed by atoms with van der Waals surface area (Å²) in [5.74, 6) is 1.31. The van der Waals surface area contributed by atoms with E-state index in [0.717, 1.165) is 5.69 Å². The van der Waals surface area contributed by atoms with E-state index in [4.69, 9.17) is 4.99 Å². The Morgan fingerprint density at radius 3 is 2.12 bits per heavy atom. The highest BCUT2D eigenvalue weighted by Gasteiger charge is 2.22. The summed E-state index contributed by atoms with van der Waals surface area (Å²) in [5, 5.41) is 0. The van der Waals surface area contributed by atoms with Crippen molar-refractivity contribution >= 4 is 11.4 Å². The van der Waals surface area contributed by atoms with Gasteiger partial charge in [-0.25, -0.2) is 0 Å². The van der Waals surface area contributed by atoms with Crippen LogP contribution in [0.2, 0.25) is 0 Å². The summed E-state index contributed by atoms with van der Waals surface area (Å²) in [6, 6.07) is 8.52. The summed E-state index contributed by atoms with van der Waals surface area (Å²) in [4.78, 5) is 4.84. The first-order valence-electron chi connectivity index (χ1n) is 6.32. The lowest BCUT2D eigenvalue weighted by molar-refractivity contribution is 0.488. The van der Waals surface area contributed by atoms with Gasteiger partial charge in [0.05, 0.1) is 5.69 Å². The molecule has 0 saturated heterocycles. The highest BCUT2D eigenvalue weighted by atomic mass is 14.8. The molecule has 1 saturated carbocycles. The van der Waals surface area contributed by atoms with E-state index < -0.39 is 0 Å². The van der Waals surface area contributed by atoms with Crippen LogP contribution in [0.4, 0.5) is 5.69 Å². The van der Waals surface area contributed by atoms with Crippen molar-refractivity contribution in [2.75, 3.05) is 0 Å². The van der Waals surface area contributed by atoms with Crippen molar-refractivity contribution in [2.45, 2.75) is 40.0 Å². The quantitative estimate of drug-likeness (QED) is 0.653. The molecule has 1 aromatic rings. The van der Waals surface area contributed by atoms with Crippen LogP contribution in [0.5, 0.6) is 0 Å². The maximum absolute atomic E-state index is 4.84. The number of aliphatic imine (C=N–C) groups is 1. The lowest BCUT2D eigenvalue weighted by Crippen LogP contribution is -2.24. The van der Waals surface area contributed by atoms with E-state index >= 15 is 0 Å². The minimum Gasteiger partial charge on any atom is -0.257 e. The van der Waals surface area contributed by atoms with Gasteiger partial charge in [-0.15, -0.1) is 0 Å². The molecule has 0 spiro atoms. The second kappa shape index (κ2) is 4.82. The minimum absolute atomic E-state index is 0.657. The molecule has 2 rings (SSSR count). The largest absolute Gasteiger partial charge is 0.257 e. The van der Waals surface area contributed by atoms with Gasteiger partial charge in [-0.3, -0.25) is 4.99 Å². The predicted octanol–water partition coefficient (Wildman–Crippen LogP) is 4.52. The first kappa shape index (κ1) is 11.4. The number of aryl methyl sites for hydroxylation is 1. The Labute approximate surface area is 98.6 Å². The summed E-state index contributed by atoms with van der Waals surface area (Å²) in [7, 11) is 0. The molecular formula is C15H21N. The van der Waals surface area contributed by atoms with Gasteiger partial charge >= 0.3 is 0 Å². The van der Waals surface area contributed by atoms with Crippen molar-refractivity contribution in [3.05, 3.63) is 29.8 Å². The van der Waals surface area contributed by atoms with Gasteiger partial charge < -0.3 is 0 Å². The third-order valence-corrected chi connectivity index (χ3v) is 3.58. The van der Waals surface area contributed by atoms with E-state index in [2.05, 4.69) is 45.0 Å². The fourth-order valence-electron chi connectivity index (χ4n) is 2.50. The Bertz CT molecular complexity index is 363. The fraction of sp³-hybridized carbons (Fsp3) is 0.533. The molecule has 1 heteroatoms. The normalized spacial score (nSPS) is 25.6. The molecule has 0 bridgehead atoms. The van der Waals surface area contributed by atoms with Crippen LogP contribution >= 0.6 is 0 Å². The Morgan fingerprint density at radius 2 is 1.56 bits per heavy atom. The number of nitrogens with zero attached hydrogens (tertiary/aromatic N) is 1. The van der Waals surface area contributed by atoms with E-state index in [1.54, 1.807) is 0 Å². The lowest BCUT2D eigenvalue weighted by Gasteiger charge is -2.26. The second-order valence-electron chi connectivity index (χ2n) is 5.11. The SMILES string of the molecule is Cc1ccc(N=C2C(C)CCCC2C)cc1. The van der Waals surface area contributed by atoms with Gasteiger partial charge in [0.25, 0.3) is 0 Å². The predicted molar refractivity (Wildman–Crippen MR) is 70.5 cm³/mol. The molecule has 0 N–H and O–H groups in total. The second-order valence-corrected chi connectivity index (χ2v) is 5.11. The molecule has 0 heterocycles. The summed E-state index contributed by atoms with van der Waals surface area (Å²) in [5.41, 5.74) is 3.81. The Balaban J connectivity index is 2.24. The fourth-order valence-corrected chi connectivity index (χ4v) is 2.50. The average molecular weight is 215 g/mol. The summed E-state index contributed by atoms with van der Waals surface area (Å²) in [6.45, 7) is 6.73. The minimum atomic E-state index is 0.657. The van der Waals surface area contributed by atoms with Crippen molar-refractivity contribution in [1.82, 2.24) is 0 Å². The van der Waals surface area contributed by atoms with Crippen molar-refractivity contribution in [1.29, 1.82) is 0 Å². The molecule has 1 fully saturated rings. The smallest absolute Gasteiger partial charge is 0.0629 e. The van der Waals surface area contributed by atoms with E-state index in [-0.39, 0.29) is 0 Å². The average Bonchev–Trinajstić information content (AvgIpc) is 2.26. The van der Waals surface area contributed by atoms with Crippen LogP contribution in [0.3, 0.4) is 0 Å². The topological polar surface area (TPSA) is 12.4 Å². The van der Waals surface area contributed by atoms with Gasteiger partial charge in [0.15, 0.2) is 0 Å². The van der Waals surface area contributed by atoms with Crippen LogP contribution in [0, 0.1) is 18.8 Å². The highest BCUT2D eigenvalue weighted by Crippen LogP contribution is 2.28. The van der Waals surface area contributed by atoms with Crippen LogP contribution < -0.4 is 0 Å². The zero-order chi connectivity index (χ0) is 11.5. The molecule has 2 unspecified atom stereocenters. The molecule has 0 aliphatic heterocycles. The van der Waals surface area contributed by atoms with Gasteiger partial charge in [0.1, 0.15) is 0 Å². The molecule has 0 radical (unpaired) electrons. The molecule has 1 aliphatic carbocycles. The summed E-state index contributed by atoms with van der Waals surface area (Å²) < 4.78 is 0. The highest BCUT2D eigenvalue weighted by molar-refractivity contribution is 5.91. The number of benzene rings is 1. The van der Waals surface area contributed by atoms with Crippen LogP contribution in [-0.4, -0.2) is 5.71 Å². The summed E-state index contributed by atoms with van der Waals surface area (Å²) >= 11 is 0. The number of hydrogen-bond acceptors (Lipinski definition) is 1. The first-order valence-corrected chi connectivity index (χ1v) is 6.32. The molecule has 86 valence electrons. The van der Waals surface area contributed by atoms with Crippen LogP contribution in [0.15, 0.2) is 29.3 Å². The van der Waals surface area contributed by atoms with E-state index in [0.29, 0.717) is 11.8 Å². The van der Waals surface area contributed by atoms with Crippen molar-refractivity contribution in [2.24, 2.45) is 16.8 Å². The molecular weight excluding hydrogens is 194 g/mol. The summed E-state index contributed by atoms with van der Waals surface area (Å²) in [6.07, 6.45) is 3.96. The van der Waals surface area contributed by atoms with E-state index in [1.165, 1.54) is 30.5 Å². The molecule has 0 amide bonds. The van der Waals surface area contributed by atoms with Crippen molar-refractivity contribution in [3.8, 4) is 0 Å². The zero-order valence-electron chi connectivity index (χ0n) is 10.5. The molecule has 1 nitrogen and oxygen atoms in total. The van der Waals surface area contributed by atoms with Crippen molar-refractivity contribution < 1.29 is 0 Å². The third kappa shape index (κ3) is 2.52. The van der Waals surface area contributed by atoms with Crippen molar-refractivity contribution in [3.63, 3.8) is 0 Å². The van der Waals surface area contributed by atoms with Gasteiger partial charge in [0.2, 0.25) is 0 Å².